The van der Waals surface area contributed by atoms with Crippen LogP contribution in [0.5, 0.6) is 0 Å². The molecular weight excluding hydrogens is 244 g/mol. The summed E-state index contributed by atoms with van der Waals surface area (Å²) >= 11 is 0. The molecule has 0 aromatic heterocycles. The number of carbonyl (C=O) groups excluding carboxylic acids is 1. The Kier molecular flexibility index (Phi) is 4.13. The molecule has 0 unspecified atom stereocenters. The molecular formula is C14H26O3Si. The van der Waals surface area contributed by atoms with Crippen LogP contribution in [0, 0.1) is 5.92 Å². The van der Waals surface area contributed by atoms with Crippen molar-refractivity contribution in [3.8, 4) is 0 Å². The van der Waals surface area contributed by atoms with Crippen LogP contribution in [0.2, 0.25) is 18.1 Å². The van der Waals surface area contributed by atoms with Crippen LogP contribution in [0.3, 0.4) is 0 Å². The minimum Gasteiger partial charge on any atom is -0.466 e. The van der Waals surface area contributed by atoms with E-state index >= 15 is 0 Å². The maximum atomic E-state index is 11.2. The summed E-state index contributed by atoms with van der Waals surface area (Å²) in [6, 6.07) is 0. The zero-order valence-electron chi connectivity index (χ0n) is 12.7. The predicted molar refractivity (Wildman–Crippen MR) is 76.0 cm³/mol. The molecule has 1 aliphatic carbocycles. The zero-order chi connectivity index (χ0) is 14.2. The standard InChI is InChI=1S/C14H26O3Si/c1-11-10-14(11,9-8-12(15)16-5)17-18(6,7)13(2,3)4/h8-9,11H,10H2,1-7H3/b9-8+/t11-,14+/m1/s1. The molecule has 0 heterocycles. The third-order valence-electron chi connectivity index (χ3n) is 4.25. The first kappa shape index (κ1) is 15.4. The highest BCUT2D eigenvalue weighted by molar-refractivity contribution is 6.74. The number of rotatable bonds is 4. The summed E-state index contributed by atoms with van der Waals surface area (Å²) < 4.78 is 11.1. The van der Waals surface area contributed by atoms with E-state index in [-0.39, 0.29) is 16.6 Å². The Morgan fingerprint density at radius 3 is 2.22 bits per heavy atom. The van der Waals surface area contributed by atoms with Crippen molar-refractivity contribution in [2.45, 2.75) is 57.8 Å². The van der Waals surface area contributed by atoms with E-state index in [2.05, 4.69) is 45.5 Å². The molecule has 0 aromatic rings. The molecule has 1 rings (SSSR count). The highest BCUT2D eigenvalue weighted by Crippen LogP contribution is 2.52. The topological polar surface area (TPSA) is 35.5 Å². The SMILES string of the molecule is COC(=O)/C=C/[C@]1(O[Si](C)(C)C(C)(C)C)C[C@H]1C. The molecule has 0 amide bonds. The molecule has 0 spiro atoms. The van der Waals surface area contributed by atoms with E-state index in [1.165, 1.54) is 13.2 Å². The largest absolute Gasteiger partial charge is 0.466 e. The third kappa shape index (κ3) is 3.23. The minimum absolute atomic E-state index is 0.182. The van der Waals surface area contributed by atoms with Gasteiger partial charge in [0.25, 0.3) is 0 Å². The summed E-state index contributed by atoms with van der Waals surface area (Å²) in [4.78, 5) is 11.2. The molecule has 1 fully saturated rings. The van der Waals surface area contributed by atoms with E-state index < -0.39 is 8.32 Å². The average Bonchev–Trinajstić information content (AvgIpc) is 2.83. The molecule has 0 bridgehead atoms. The van der Waals surface area contributed by atoms with E-state index in [1.54, 1.807) is 0 Å². The van der Waals surface area contributed by atoms with E-state index in [0.717, 1.165) is 6.42 Å². The molecule has 3 nitrogen and oxygen atoms in total. The van der Waals surface area contributed by atoms with Gasteiger partial charge >= 0.3 is 5.97 Å². The minimum atomic E-state index is -1.81. The van der Waals surface area contributed by atoms with Gasteiger partial charge in [-0.05, 0) is 36.5 Å². The van der Waals surface area contributed by atoms with Crippen molar-refractivity contribution >= 4 is 14.3 Å². The lowest BCUT2D eigenvalue weighted by Gasteiger charge is -2.39. The fourth-order valence-corrected chi connectivity index (χ4v) is 3.34. The summed E-state index contributed by atoms with van der Waals surface area (Å²) in [5.74, 6) is 0.167. The quantitative estimate of drug-likeness (QED) is 0.445. The van der Waals surface area contributed by atoms with E-state index in [4.69, 9.17) is 4.43 Å². The Morgan fingerprint density at radius 1 is 1.39 bits per heavy atom. The molecule has 0 saturated heterocycles. The van der Waals surface area contributed by atoms with Gasteiger partial charge in [0.1, 0.15) is 0 Å². The second-order valence-corrected chi connectivity index (χ2v) is 11.5. The first-order valence-corrected chi connectivity index (χ1v) is 9.42. The van der Waals surface area contributed by atoms with Crippen molar-refractivity contribution in [2.24, 2.45) is 5.92 Å². The van der Waals surface area contributed by atoms with Crippen molar-refractivity contribution in [3.05, 3.63) is 12.2 Å². The number of esters is 1. The first-order valence-electron chi connectivity index (χ1n) is 6.51. The Balaban J connectivity index is 2.80. The van der Waals surface area contributed by atoms with Gasteiger partial charge in [0.05, 0.1) is 12.7 Å². The predicted octanol–water partition coefficient (Wildman–Crippen LogP) is 3.52. The van der Waals surface area contributed by atoms with E-state index in [0.29, 0.717) is 5.92 Å². The van der Waals surface area contributed by atoms with Crippen LogP contribution in [0.1, 0.15) is 34.1 Å². The Hall–Kier alpha value is -0.613. The fourth-order valence-electron chi connectivity index (χ4n) is 1.73. The van der Waals surface area contributed by atoms with Gasteiger partial charge in [-0.1, -0.05) is 27.7 Å². The van der Waals surface area contributed by atoms with Crippen LogP contribution in [-0.4, -0.2) is 27.0 Å². The smallest absolute Gasteiger partial charge is 0.330 e. The van der Waals surface area contributed by atoms with Gasteiger partial charge in [0.2, 0.25) is 0 Å². The summed E-state index contributed by atoms with van der Waals surface area (Å²) in [5, 5.41) is 0.182. The van der Waals surface area contributed by atoms with Crippen LogP contribution >= 0.6 is 0 Å². The summed E-state index contributed by atoms with van der Waals surface area (Å²) in [6.07, 6.45) is 4.38. The lowest BCUT2D eigenvalue weighted by Crippen LogP contribution is -2.44. The van der Waals surface area contributed by atoms with Gasteiger partial charge in [0.15, 0.2) is 8.32 Å². The second-order valence-electron chi connectivity index (χ2n) is 6.78. The summed E-state index contributed by atoms with van der Waals surface area (Å²) in [7, 11) is -0.412. The maximum absolute atomic E-state index is 11.2. The van der Waals surface area contributed by atoms with Crippen LogP contribution in [0.4, 0.5) is 0 Å². The van der Waals surface area contributed by atoms with Crippen molar-refractivity contribution in [3.63, 3.8) is 0 Å². The van der Waals surface area contributed by atoms with Crippen molar-refractivity contribution in [1.29, 1.82) is 0 Å². The number of carbonyl (C=O) groups is 1. The molecule has 18 heavy (non-hydrogen) atoms. The second kappa shape index (κ2) is 4.81. The molecule has 104 valence electrons. The highest BCUT2D eigenvalue weighted by Gasteiger charge is 2.55. The van der Waals surface area contributed by atoms with Crippen LogP contribution in [0.15, 0.2) is 12.2 Å². The lowest BCUT2D eigenvalue weighted by atomic mass is 10.2. The summed E-state index contributed by atoms with van der Waals surface area (Å²) in [6.45, 7) is 13.3. The summed E-state index contributed by atoms with van der Waals surface area (Å²) in [5.41, 5.74) is -0.239. The van der Waals surface area contributed by atoms with Gasteiger partial charge in [-0.25, -0.2) is 4.79 Å². The van der Waals surface area contributed by atoms with Crippen molar-refractivity contribution in [1.82, 2.24) is 0 Å². The molecule has 0 radical (unpaired) electrons. The number of methoxy groups -OCH3 is 1. The maximum Gasteiger partial charge on any atom is 0.330 e. The highest BCUT2D eigenvalue weighted by atomic mass is 28.4. The molecule has 0 N–H and O–H groups in total. The van der Waals surface area contributed by atoms with Crippen molar-refractivity contribution < 1.29 is 14.0 Å². The Morgan fingerprint density at radius 2 is 1.89 bits per heavy atom. The van der Waals surface area contributed by atoms with Crippen LogP contribution < -0.4 is 0 Å². The lowest BCUT2D eigenvalue weighted by molar-refractivity contribution is -0.134. The monoisotopic (exact) mass is 270 g/mol. The van der Waals surface area contributed by atoms with Crippen LogP contribution in [0.25, 0.3) is 0 Å². The zero-order valence-corrected chi connectivity index (χ0v) is 13.7. The molecule has 1 saturated carbocycles. The molecule has 0 aliphatic heterocycles. The van der Waals surface area contributed by atoms with Gasteiger partial charge in [-0.3, -0.25) is 0 Å². The molecule has 1 aliphatic rings. The number of hydrogen-bond donors (Lipinski definition) is 0. The molecule has 0 aromatic carbocycles. The van der Waals surface area contributed by atoms with Crippen LogP contribution in [-0.2, 0) is 14.0 Å². The van der Waals surface area contributed by atoms with Gasteiger partial charge in [-0.15, -0.1) is 0 Å². The number of hydrogen-bond acceptors (Lipinski definition) is 3. The van der Waals surface area contributed by atoms with Gasteiger partial charge in [0, 0.05) is 6.08 Å². The first-order chi connectivity index (χ1) is 8.04. The van der Waals surface area contributed by atoms with Gasteiger partial charge in [-0.2, -0.15) is 0 Å². The molecule has 4 heteroatoms. The Bertz CT molecular complexity index is 355. The molecule has 2 atom stereocenters. The van der Waals surface area contributed by atoms with Crippen molar-refractivity contribution in [2.75, 3.05) is 7.11 Å². The fraction of sp³-hybridized carbons (Fsp3) is 0.786. The van der Waals surface area contributed by atoms with E-state index in [1.807, 2.05) is 6.08 Å². The number of ether oxygens (including phenoxy) is 1. The Labute approximate surface area is 112 Å². The normalized spacial score (nSPS) is 28.5. The van der Waals surface area contributed by atoms with Gasteiger partial charge < -0.3 is 9.16 Å². The third-order valence-corrected chi connectivity index (χ3v) is 8.76. The van der Waals surface area contributed by atoms with E-state index in [9.17, 15) is 4.79 Å². The average molecular weight is 270 g/mol.